The molecule has 1 saturated heterocycles. The Balaban J connectivity index is 2.00. The molecule has 0 aromatic carbocycles. The Bertz CT molecular complexity index is 529. The Morgan fingerprint density at radius 3 is 2.71 bits per heavy atom. The molecule has 1 aliphatic carbocycles. The fourth-order valence-corrected chi connectivity index (χ4v) is 4.66. The van der Waals surface area contributed by atoms with Gasteiger partial charge in [-0.2, -0.15) is 0 Å². The molecule has 0 radical (unpaired) electrons. The second kappa shape index (κ2) is 5.13. The van der Waals surface area contributed by atoms with Gasteiger partial charge in [0.2, 0.25) is 0 Å². The summed E-state index contributed by atoms with van der Waals surface area (Å²) < 4.78 is 2.65. The number of hydrogen-bond acceptors (Lipinski definition) is 2. The molecule has 1 aromatic rings. The van der Waals surface area contributed by atoms with Gasteiger partial charge in [0.15, 0.2) is 0 Å². The first-order chi connectivity index (χ1) is 9.78. The number of hydrogen-bond donors (Lipinski definition) is 1. The molecule has 0 spiro atoms. The monoisotopic (exact) mass is 289 g/mol. The molecule has 21 heavy (non-hydrogen) atoms. The number of fused-ring (bicyclic) bond motifs is 1. The largest absolute Gasteiger partial charge is 0.345 e. The molecule has 118 valence electrons. The van der Waals surface area contributed by atoms with E-state index in [2.05, 4.69) is 50.3 Å². The molecule has 0 amide bonds. The van der Waals surface area contributed by atoms with E-state index >= 15 is 0 Å². The van der Waals surface area contributed by atoms with Gasteiger partial charge in [0.25, 0.3) is 0 Å². The number of nitrogens with two attached hydrogens (primary N) is 1. The number of nitrogens with zero attached hydrogens (tertiary/aromatic N) is 2. The molecule has 3 heteroatoms. The van der Waals surface area contributed by atoms with Gasteiger partial charge >= 0.3 is 0 Å². The lowest BCUT2D eigenvalue weighted by Crippen LogP contribution is -2.39. The fourth-order valence-electron chi connectivity index (χ4n) is 4.66. The molecule has 1 fully saturated rings. The van der Waals surface area contributed by atoms with Crippen LogP contribution in [-0.2, 0) is 6.42 Å². The molecule has 3 nitrogen and oxygen atoms in total. The van der Waals surface area contributed by atoms with Crippen molar-refractivity contribution in [1.82, 2.24) is 9.47 Å². The SMILES string of the molecule is Cc1cc2c(n1C1CCN(C)CC1C)CC(C)(C)CC2N. The van der Waals surface area contributed by atoms with Crippen molar-refractivity contribution in [3.05, 3.63) is 23.0 Å². The van der Waals surface area contributed by atoms with Crippen LogP contribution in [0.15, 0.2) is 6.07 Å². The normalized spacial score (nSPS) is 33.0. The Kier molecular flexibility index (Phi) is 3.69. The van der Waals surface area contributed by atoms with Crippen LogP contribution in [0, 0.1) is 18.3 Å². The van der Waals surface area contributed by atoms with E-state index in [4.69, 9.17) is 5.73 Å². The van der Waals surface area contributed by atoms with Crippen LogP contribution < -0.4 is 5.73 Å². The van der Waals surface area contributed by atoms with E-state index in [0.717, 1.165) is 6.42 Å². The van der Waals surface area contributed by atoms with Gasteiger partial charge in [-0.15, -0.1) is 0 Å². The Labute approximate surface area is 129 Å². The third-order valence-corrected chi connectivity index (χ3v) is 5.58. The van der Waals surface area contributed by atoms with Crippen LogP contribution in [0.4, 0.5) is 0 Å². The molecule has 3 rings (SSSR count). The van der Waals surface area contributed by atoms with Gasteiger partial charge in [0.1, 0.15) is 0 Å². The van der Waals surface area contributed by atoms with Crippen molar-refractivity contribution in [2.45, 2.75) is 59.0 Å². The van der Waals surface area contributed by atoms with Crippen molar-refractivity contribution < 1.29 is 0 Å². The lowest BCUT2D eigenvalue weighted by Gasteiger charge is -2.40. The third kappa shape index (κ3) is 2.66. The molecular weight excluding hydrogens is 258 g/mol. The molecule has 2 aliphatic rings. The quantitative estimate of drug-likeness (QED) is 0.861. The van der Waals surface area contributed by atoms with Crippen molar-refractivity contribution in [2.24, 2.45) is 17.1 Å². The van der Waals surface area contributed by atoms with Crippen molar-refractivity contribution in [3.8, 4) is 0 Å². The summed E-state index contributed by atoms with van der Waals surface area (Å²) in [6, 6.07) is 3.22. The highest BCUT2D eigenvalue weighted by Crippen LogP contribution is 2.43. The van der Waals surface area contributed by atoms with E-state index in [1.54, 1.807) is 0 Å². The summed E-state index contributed by atoms with van der Waals surface area (Å²) in [6.45, 7) is 11.8. The van der Waals surface area contributed by atoms with Crippen LogP contribution in [0.1, 0.15) is 62.6 Å². The van der Waals surface area contributed by atoms with Crippen LogP contribution in [-0.4, -0.2) is 29.6 Å². The van der Waals surface area contributed by atoms with Gasteiger partial charge in [-0.3, -0.25) is 0 Å². The minimum atomic E-state index is 0.213. The number of rotatable bonds is 1. The van der Waals surface area contributed by atoms with Gasteiger partial charge in [-0.1, -0.05) is 20.8 Å². The predicted molar refractivity (Wildman–Crippen MR) is 88.5 cm³/mol. The number of aromatic nitrogens is 1. The van der Waals surface area contributed by atoms with E-state index in [1.807, 2.05) is 0 Å². The van der Waals surface area contributed by atoms with Crippen molar-refractivity contribution >= 4 is 0 Å². The van der Waals surface area contributed by atoms with Crippen LogP contribution >= 0.6 is 0 Å². The minimum absolute atomic E-state index is 0.213. The smallest absolute Gasteiger partial charge is 0.0385 e. The summed E-state index contributed by atoms with van der Waals surface area (Å²) in [4.78, 5) is 2.46. The molecule has 2 heterocycles. The Morgan fingerprint density at radius 2 is 2.05 bits per heavy atom. The molecule has 0 bridgehead atoms. The van der Waals surface area contributed by atoms with Crippen LogP contribution in [0.5, 0.6) is 0 Å². The van der Waals surface area contributed by atoms with Crippen LogP contribution in [0.3, 0.4) is 0 Å². The fraction of sp³-hybridized carbons (Fsp3) is 0.778. The van der Waals surface area contributed by atoms with E-state index in [9.17, 15) is 0 Å². The van der Waals surface area contributed by atoms with Gasteiger partial charge in [0, 0.05) is 30.0 Å². The third-order valence-electron chi connectivity index (χ3n) is 5.58. The van der Waals surface area contributed by atoms with E-state index in [0.29, 0.717) is 17.4 Å². The van der Waals surface area contributed by atoms with Gasteiger partial charge in [-0.05, 0) is 62.7 Å². The number of piperidine rings is 1. The van der Waals surface area contributed by atoms with E-state index in [-0.39, 0.29) is 6.04 Å². The van der Waals surface area contributed by atoms with E-state index < -0.39 is 0 Å². The standard InChI is InChI=1S/C18H31N3/c1-12-11-20(5)7-6-16(12)21-13(2)8-14-15(19)9-18(3,4)10-17(14)21/h8,12,15-16H,6-7,9-11,19H2,1-5H3. The first-order valence-electron chi connectivity index (χ1n) is 8.43. The summed E-state index contributed by atoms with van der Waals surface area (Å²) >= 11 is 0. The summed E-state index contributed by atoms with van der Waals surface area (Å²) in [7, 11) is 2.24. The highest BCUT2D eigenvalue weighted by atomic mass is 15.1. The summed E-state index contributed by atoms with van der Waals surface area (Å²) in [6.07, 6.45) is 3.53. The molecule has 2 N–H and O–H groups in total. The second-order valence-corrected chi connectivity index (χ2v) is 8.30. The predicted octanol–water partition coefficient (Wildman–Crippen LogP) is 3.28. The first-order valence-corrected chi connectivity index (χ1v) is 8.43. The second-order valence-electron chi connectivity index (χ2n) is 8.30. The highest BCUT2D eigenvalue weighted by Gasteiger charge is 2.36. The molecular formula is C18H31N3. The average molecular weight is 289 g/mol. The summed E-state index contributed by atoms with van der Waals surface area (Å²) in [5.74, 6) is 0.709. The average Bonchev–Trinajstić information content (AvgIpc) is 2.65. The van der Waals surface area contributed by atoms with Crippen molar-refractivity contribution in [2.75, 3.05) is 20.1 Å². The maximum absolute atomic E-state index is 6.47. The highest BCUT2D eigenvalue weighted by molar-refractivity contribution is 5.34. The zero-order valence-corrected chi connectivity index (χ0v) is 14.3. The van der Waals surface area contributed by atoms with Crippen molar-refractivity contribution in [3.63, 3.8) is 0 Å². The van der Waals surface area contributed by atoms with Gasteiger partial charge < -0.3 is 15.2 Å². The lowest BCUT2D eigenvalue weighted by atomic mass is 9.74. The molecule has 3 atom stereocenters. The summed E-state index contributed by atoms with van der Waals surface area (Å²) in [5.41, 5.74) is 11.1. The Morgan fingerprint density at radius 1 is 1.33 bits per heavy atom. The van der Waals surface area contributed by atoms with Crippen LogP contribution in [0.2, 0.25) is 0 Å². The zero-order valence-electron chi connectivity index (χ0n) is 14.3. The van der Waals surface area contributed by atoms with Crippen LogP contribution in [0.25, 0.3) is 0 Å². The lowest BCUT2D eigenvalue weighted by molar-refractivity contribution is 0.152. The number of likely N-dealkylation sites (tertiary alicyclic amines) is 1. The maximum Gasteiger partial charge on any atom is 0.0385 e. The van der Waals surface area contributed by atoms with E-state index in [1.165, 1.54) is 42.9 Å². The minimum Gasteiger partial charge on any atom is -0.345 e. The van der Waals surface area contributed by atoms with Gasteiger partial charge in [0.05, 0.1) is 0 Å². The Hall–Kier alpha value is -0.800. The molecule has 1 aromatic heterocycles. The number of aryl methyl sites for hydroxylation is 1. The molecule has 0 saturated carbocycles. The summed E-state index contributed by atoms with van der Waals surface area (Å²) in [5, 5.41) is 0. The first kappa shape index (κ1) is 15.1. The maximum atomic E-state index is 6.47. The molecule has 1 aliphatic heterocycles. The van der Waals surface area contributed by atoms with Crippen molar-refractivity contribution in [1.29, 1.82) is 0 Å². The topological polar surface area (TPSA) is 34.2 Å². The molecule has 3 unspecified atom stereocenters. The zero-order chi connectivity index (χ0) is 15.4. The van der Waals surface area contributed by atoms with Gasteiger partial charge in [-0.25, -0.2) is 0 Å².